The first-order valence-electron chi connectivity index (χ1n) is 4.85. The minimum atomic E-state index is -0.0278. The molecule has 0 saturated carbocycles. The highest BCUT2D eigenvalue weighted by Crippen LogP contribution is 2.26. The van der Waals surface area contributed by atoms with Gasteiger partial charge in [-0.15, -0.1) is 0 Å². The van der Waals surface area contributed by atoms with Crippen molar-refractivity contribution in [2.45, 2.75) is 65.6 Å². The number of nitrogens with zero attached hydrogens (tertiary/aromatic N) is 1. The zero-order valence-electron chi connectivity index (χ0n) is 10.0. The van der Waals surface area contributed by atoms with Crippen molar-refractivity contribution < 1.29 is 4.79 Å². The predicted octanol–water partition coefficient (Wildman–Crippen LogP) is 2.47. The Morgan fingerprint density at radius 2 is 1.31 bits per heavy atom. The van der Waals surface area contributed by atoms with Crippen LogP contribution in [0.15, 0.2) is 0 Å². The first-order valence-corrected chi connectivity index (χ1v) is 4.85. The Labute approximate surface area is 82.3 Å². The number of carbonyl (C=O) groups excluding carboxylic acids is 1. The van der Waals surface area contributed by atoms with Gasteiger partial charge in [0.1, 0.15) is 6.29 Å². The zero-order valence-corrected chi connectivity index (χ0v) is 10.0. The molecule has 2 heteroatoms. The summed E-state index contributed by atoms with van der Waals surface area (Å²) in [7, 11) is 0. The summed E-state index contributed by atoms with van der Waals surface area (Å²) in [5, 5.41) is 0. The van der Waals surface area contributed by atoms with Crippen LogP contribution in [0.2, 0.25) is 0 Å². The van der Waals surface area contributed by atoms with Crippen LogP contribution < -0.4 is 0 Å². The molecule has 0 spiro atoms. The molecular formula is C11H23NO. The topological polar surface area (TPSA) is 20.3 Å². The van der Waals surface area contributed by atoms with Crippen molar-refractivity contribution in [3.05, 3.63) is 0 Å². The lowest BCUT2D eigenvalue weighted by Gasteiger charge is -2.47. The van der Waals surface area contributed by atoms with E-state index in [0.717, 1.165) is 6.29 Å². The monoisotopic (exact) mass is 185 g/mol. The Bertz CT molecular complexity index is 160. The van der Waals surface area contributed by atoms with Gasteiger partial charge >= 0.3 is 0 Å². The van der Waals surface area contributed by atoms with Gasteiger partial charge in [-0.2, -0.15) is 0 Å². The molecule has 0 aliphatic heterocycles. The van der Waals surface area contributed by atoms with Gasteiger partial charge in [0.15, 0.2) is 0 Å². The molecule has 2 nitrogen and oxygen atoms in total. The predicted molar refractivity (Wildman–Crippen MR) is 56.9 cm³/mol. The largest absolute Gasteiger partial charge is 0.302 e. The quantitative estimate of drug-likeness (QED) is 0.616. The van der Waals surface area contributed by atoms with Crippen molar-refractivity contribution in [3.63, 3.8) is 0 Å². The summed E-state index contributed by atoms with van der Waals surface area (Å²) < 4.78 is 0. The van der Waals surface area contributed by atoms with Crippen LogP contribution in [0.25, 0.3) is 0 Å². The highest BCUT2D eigenvalue weighted by molar-refractivity contribution is 5.57. The average molecular weight is 185 g/mol. The highest BCUT2D eigenvalue weighted by Gasteiger charge is 2.34. The van der Waals surface area contributed by atoms with Gasteiger partial charge in [-0.05, 0) is 48.5 Å². The maximum Gasteiger partial charge on any atom is 0.136 e. The van der Waals surface area contributed by atoms with Crippen LogP contribution in [0.5, 0.6) is 0 Å². The van der Waals surface area contributed by atoms with Crippen LogP contribution in [-0.4, -0.2) is 28.3 Å². The molecule has 0 aromatic heterocycles. The Kier molecular flexibility index (Phi) is 3.68. The molecule has 0 saturated heterocycles. The first-order chi connectivity index (χ1) is 5.60. The van der Waals surface area contributed by atoms with Gasteiger partial charge in [-0.1, -0.05) is 0 Å². The van der Waals surface area contributed by atoms with E-state index in [1.807, 2.05) is 6.92 Å². The van der Waals surface area contributed by atoms with Crippen LogP contribution in [0.4, 0.5) is 0 Å². The van der Waals surface area contributed by atoms with Crippen LogP contribution in [0.1, 0.15) is 48.5 Å². The fourth-order valence-electron chi connectivity index (χ4n) is 2.29. The number of rotatable bonds is 2. The molecule has 0 N–H and O–H groups in total. The van der Waals surface area contributed by atoms with Crippen molar-refractivity contribution in [1.29, 1.82) is 0 Å². The Balaban J connectivity index is 4.88. The molecule has 78 valence electrons. The molecule has 0 unspecified atom stereocenters. The molecule has 13 heavy (non-hydrogen) atoms. The third kappa shape index (κ3) is 3.47. The molecule has 0 heterocycles. The Morgan fingerprint density at radius 1 is 1.00 bits per heavy atom. The molecular weight excluding hydrogens is 162 g/mol. The highest BCUT2D eigenvalue weighted by atomic mass is 16.1. The van der Waals surface area contributed by atoms with E-state index in [9.17, 15) is 4.79 Å². The normalized spacial score (nSPS) is 16.0. The van der Waals surface area contributed by atoms with Crippen molar-refractivity contribution in [1.82, 2.24) is 4.90 Å². The minimum absolute atomic E-state index is 0.0264. The number of aldehydes is 1. The van der Waals surface area contributed by atoms with E-state index in [1.54, 1.807) is 0 Å². The smallest absolute Gasteiger partial charge is 0.136 e. The fraction of sp³-hybridized carbons (Fsp3) is 0.909. The second-order valence-corrected chi connectivity index (χ2v) is 5.59. The van der Waals surface area contributed by atoms with Gasteiger partial charge in [0.2, 0.25) is 0 Å². The standard InChI is InChI=1S/C11H23NO/c1-9(8-13)12(10(2,3)4)11(5,6)7/h8-9H,1-7H3/t9-/m0/s1. The summed E-state index contributed by atoms with van der Waals surface area (Å²) in [6, 6.07) is -0.0278. The molecule has 0 aromatic carbocycles. The van der Waals surface area contributed by atoms with Crippen molar-refractivity contribution in [2.75, 3.05) is 0 Å². The van der Waals surface area contributed by atoms with Crippen LogP contribution in [0.3, 0.4) is 0 Å². The molecule has 0 aliphatic carbocycles. The second-order valence-electron chi connectivity index (χ2n) is 5.59. The average Bonchev–Trinajstić information content (AvgIpc) is 1.80. The number of hydrogen-bond acceptors (Lipinski definition) is 2. The van der Waals surface area contributed by atoms with Gasteiger partial charge in [-0.3, -0.25) is 4.90 Å². The summed E-state index contributed by atoms with van der Waals surface area (Å²) in [6.45, 7) is 14.8. The fourth-order valence-corrected chi connectivity index (χ4v) is 2.29. The lowest BCUT2D eigenvalue weighted by Crippen LogP contribution is -2.57. The molecule has 0 radical (unpaired) electrons. The van der Waals surface area contributed by atoms with Gasteiger partial charge in [0, 0.05) is 11.1 Å². The van der Waals surface area contributed by atoms with Crippen molar-refractivity contribution in [2.24, 2.45) is 0 Å². The van der Waals surface area contributed by atoms with Crippen LogP contribution in [-0.2, 0) is 4.79 Å². The van der Waals surface area contributed by atoms with E-state index in [4.69, 9.17) is 0 Å². The maximum atomic E-state index is 10.8. The summed E-state index contributed by atoms with van der Waals surface area (Å²) in [5.41, 5.74) is 0.0527. The summed E-state index contributed by atoms with van der Waals surface area (Å²) in [6.07, 6.45) is 1.01. The molecule has 1 atom stereocenters. The summed E-state index contributed by atoms with van der Waals surface area (Å²) in [4.78, 5) is 13.0. The van der Waals surface area contributed by atoms with Crippen LogP contribution >= 0.6 is 0 Å². The number of carbonyl (C=O) groups is 1. The third-order valence-electron chi connectivity index (χ3n) is 2.05. The number of hydrogen-bond donors (Lipinski definition) is 0. The van der Waals surface area contributed by atoms with E-state index >= 15 is 0 Å². The third-order valence-corrected chi connectivity index (χ3v) is 2.05. The molecule has 0 aliphatic rings. The van der Waals surface area contributed by atoms with Gasteiger partial charge in [-0.25, -0.2) is 0 Å². The minimum Gasteiger partial charge on any atom is -0.302 e. The SMILES string of the molecule is C[C@@H](C=O)N(C(C)(C)C)C(C)(C)C. The van der Waals surface area contributed by atoms with Crippen molar-refractivity contribution >= 4 is 6.29 Å². The van der Waals surface area contributed by atoms with E-state index < -0.39 is 0 Å². The Hall–Kier alpha value is -0.370. The van der Waals surface area contributed by atoms with Gasteiger partial charge in [0.25, 0.3) is 0 Å². The molecule has 0 amide bonds. The van der Waals surface area contributed by atoms with Crippen LogP contribution in [0, 0.1) is 0 Å². The zero-order chi connectivity index (χ0) is 10.9. The first kappa shape index (κ1) is 12.6. The molecule has 0 rings (SSSR count). The maximum absolute atomic E-state index is 10.8. The van der Waals surface area contributed by atoms with Gasteiger partial charge < -0.3 is 4.79 Å². The lowest BCUT2D eigenvalue weighted by atomic mass is 9.94. The summed E-state index contributed by atoms with van der Waals surface area (Å²) >= 11 is 0. The van der Waals surface area contributed by atoms with E-state index in [2.05, 4.69) is 46.4 Å². The second kappa shape index (κ2) is 3.79. The van der Waals surface area contributed by atoms with E-state index in [1.165, 1.54) is 0 Å². The Morgan fingerprint density at radius 3 is 1.38 bits per heavy atom. The van der Waals surface area contributed by atoms with E-state index in [0.29, 0.717) is 0 Å². The molecule has 0 bridgehead atoms. The molecule has 0 aromatic rings. The lowest BCUT2D eigenvalue weighted by molar-refractivity contribution is -0.117. The summed E-state index contributed by atoms with van der Waals surface area (Å²) in [5.74, 6) is 0. The van der Waals surface area contributed by atoms with E-state index in [-0.39, 0.29) is 17.1 Å². The molecule has 0 fully saturated rings. The van der Waals surface area contributed by atoms with Gasteiger partial charge in [0.05, 0.1) is 6.04 Å². The van der Waals surface area contributed by atoms with Crippen molar-refractivity contribution in [3.8, 4) is 0 Å².